The molecule has 0 spiro atoms. The smallest absolute Gasteiger partial charge is 0.374 e. The van der Waals surface area contributed by atoms with E-state index in [0.29, 0.717) is 29.1 Å². The van der Waals surface area contributed by atoms with Gasteiger partial charge < -0.3 is 14.8 Å². The van der Waals surface area contributed by atoms with Crippen LogP contribution in [0.3, 0.4) is 0 Å². The van der Waals surface area contributed by atoms with Crippen molar-refractivity contribution in [3.63, 3.8) is 0 Å². The molecule has 1 unspecified atom stereocenters. The number of hydrogen-bond donors (Lipinski definition) is 2. The van der Waals surface area contributed by atoms with Gasteiger partial charge in [0.05, 0.1) is 12.1 Å². The normalized spacial score (nSPS) is 14.3. The third kappa shape index (κ3) is 4.11. The van der Waals surface area contributed by atoms with E-state index in [4.69, 9.17) is 0 Å². The summed E-state index contributed by atoms with van der Waals surface area (Å²) >= 11 is 0.675. The summed E-state index contributed by atoms with van der Waals surface area (Å²) in [5.74, 6) is -0.911. The van der Waals surface area contributed by atoms with E-state index in [-0.39, 0.29) is 6.54 Å². The molecule has 1 atom stereocenters. The summed E-state index contributed by atoms with van der Waals surface area (Å²) < 4.78 is 42.0. The Morgan fingerprint density at radius 2 is 2.11 bits per heavy atom. The highest BCUT2D eigenvalue weighted by atomic mass is 32.1. The first-order valence-electron chi connectivity index (χ1n) is 8.10. The van der Waals surface area contributed by atoms with Crippen molar-refractivity contribution in [1.29, 1.82) is 0 Å². The number of fused-ring (bicyclic) bond motifs is 1. The van der Waals surface area contributed by atoms with Gasteiger partial charge in [0.15, 0.2) is 0 Å². The third-order valence-corrected chi connectivity index (χ3v) is 5.09. The van der Waals surface area contributed by atoms with E-state index in [0.717, 1.165) is 5.65 Å². The van der Waals surface area contributed by atoms with E-state index < -0.39 is 29.1 Å². The fourth-order valence-corrected chi connectivity index (χ4v) is 3.49. The largest absolute Gasteiger partial charge is 0.424 e. The second kappa shape index (κ2) is 7.28. The fourth-order valence-electron chi connectivity index (χ4n) is 2.57. The van der Waals surface area contributed by atoms with Crippen LogP contribution < -0.4 is 5.32 Å². The van der Waals surface area contributed by atoms with E-state index in [9.17, 15) is 23.1 Å². The average molecular weight is 398 g/mol. The van der Waals surface area contributed by atoms with Crippen molar-refractivity contribution in [1.82, 2.24) is 19.7 Å². The minimum atomic E-state index is -5.02. The maximum Gasteiger partial charge on any atom is 0.424 e. The van der Waals surface area contributed by atoms with E-state index in [1.807, 2.05) is 28.8 Å². The van der Waals surface area contributed by atoms with Crippen LogP contribution >= 0.6 is 11.3 Å². The van der Waals surface area contributed by atoms with Gasteiger partial charge in [0.2, 0.25) is 11.5 Å². The number of aryl methyl sites for hydroxylation is 1. The zero-order valence-electron chi connectivity index (χ0n) is 14.3. The molecule has 27 heavy (non-hydrogen) atoms. The lowest BCUT2D eigenvalue weighted by Gasteiger charge is -2.27. The molecule has 3 aromatic rings. The second-order valence-electron chi connectivity index (χ2n) is 6.13. The summed E-state index contributed by atoms with van der Waals surface area (Å²) in [5.41, 5.74) is -1.52. The Bertz CT molecular complexity index is 920. The first-order chi connectivity index (χ1) is 12.7. The van der Waals surface area contributed by atoms with Crippen LogP contribution in [0.5, 0.6) is 0 Å². The number of amides is 1. The minimum Gasteiger partial charge on any atom is -0.374 e. The van der Waals surface area contributed by atoms with Crippen molar-refractivity contribution in [2.75, 3.05) is 6.54 Å². The van der Waals surface area contributed by atoms with E-state index >= 15 is 0 Å². The van der Waals surface area contributed by atoms with Crippen molar-refractivity contribution in [3.05, 3.63) is 52.4 Å². The first kappa shape index (κ1) is 19.3. The van der Waals surface area contributed by atoms with Gasteiger partial charge in [-0.3, -0.25) is 4.79 Å². The number of nitrogens with one attached hydrogen (secondary N) is 1. The van der Waals surface area contributed by atoms with Crippen molar-refractivity contribution in [3.8, 4) is 0 Å². The van der Waals surface area contributed by atoms with Gasteiger partial charge in [-0.15, -0.1) is 11.3 Å². The van der Waals surface area contributed by atoms with Gasteiger partial charge in [-0.1, -0.05) is 6.07 Å². The molecule has 3 aromatic heterocycles. The number of thiazole rings is 1. The number of hydrogen-bond acceptors (Lipinski definition) is 5. The molecular formula is C17H17F3N4O2S. The number of rotatable bonds is 6. The Labute approximate surface area is 156 Å². The number of aliphatic hydroxyl groups is 1. The van der Waals surface area contributed by atoms with Crippen molar-refractivity contribution < 1.29 is 23.1 Å². The van der Waals surface area contributed by atoms with Crippen molar-refractivity contribution in [2.24, 2.45) is 0 Å². The average Bonchev–Trinajstić information content (AvgIpc) is 3.19. The van der Waals surface area contributed by atoms with Crippen LogP contribution in [0.2, 0.25) is 0 Å². The topological polar surface area (TPSA) is 79.5 Å². The molecule has 3 heterocycles. The highest BCUT2D eigenvalue weighted by Gasteiger charge is 2.58. The third-order valence-electron chi connectivity index (χ3n) is 3.98. The second-order valence-corrected chi connectivity index (χ2v) is 6.99. The van der Waals surface area contributed by atoms with Crippen LogP contribution in [0.15, 0.2) is 36.0 Å². The van der Waals surface area contributed by atoms with E-state index in [1.165, 1.54) is 12.3 Å². The summed E-state index contributed by atoms with van der Waals surface area (Å²) in [6.45, 7) is 1.62. The van der Waals surface area contributed by atoms with Crippen molar-refractivity contribution in [2.45, 2.75) is 31.5 Å². The summed E-state index contributed by atoms with van der Waals surface area (Å²) in [5, 5.41) is 13.4. The molecule has 1 amide bonds. The van der Waals surface area contributed by atoms with Crippen LogP contribution in [0.4, 0.5) is 13.2 Å². The molecular weight excluding hydrogens is 381 g/mol. The molecule has 0 aromatic carbocycles. The summed E-state index contributed by atoms with van der Waals surface area (Å²) in [6, 6.07) is 5.51. The number of aromatic nitrogens is 3. The van der Waals surface area contributed by atoms with Crippen LogP contribution in [-0.2, 0) is 16.8 Å². The Kier molecular flexibility index (Phi) is 5.20. The number of carbonyl (C=O) groups excluding carboxylic acids is 1. The summed E-state index contributed by atoms with van der Waals surface area (Å²) in [4.78, 5) is 20.1. The van der Waals surface area contributed by atoms with Gasteiger partial charge in [-0.2, -0.15) is 13.2 Å². The van der Waals surface area contributed by atoms with Gasteiger partial charge in [-0.25, -0.2) is 9.97 Å². The van der Waals surface area contributed by atoms with Crippen LogP contribution in [0.25, 0.3) is 5.65 Å². The molecule has 6 nitrogen and oxygen atoms in total. The quantitative estimate of drug-likeness (QED) is 0.669. The van der Waals surface area contributed by atoms with Gasteiger partial charge in [0.1, 0.15) is 10.7 Å². The first-order valence-corrected chi connectivity index (χ1v) is 8.98. The number of imidazole rings is 1. The van der Waals surface area contributed by atoms with Crippen LogP contribution in [0.1, 0.15) is 22.8 Å². The zero-order valence-corrected chi connectivity index (χ0v) is 15.1. The minimum absolute atomic E-state index is 0.105. The summed E-state index contributed by atoms with van der Waals surface area (Å²) in [7, 11) is 0. The maximum atomic E-state index is 13.4. The summed E-state index contributed by atoms with van der Waals surface area (Å²) in [6.07, 6.45) is -2.20. The molecule has 0 aliphatic heterocycles. The van der Waals surface area contributed by atoms with Gasteiger partial charge in [0.25, 0.3) is 0 Å². The fraction of sp³-hybridized carbons (Fsp3) is 0.353. The molecule has 0 saturated carbocycles. The zero-order chi connectivity index (χ0) is 19.7. The number of alkyl halides is 3. The predicted molar refractivity (Wildman–Crippen MR) is 93.3 cm³/mol. The lowest BCUT2D eigenvalue weighted by atomic mass is 9.99. The molecule has 0 aliphatic rings. The Morgan fingerprint density at radius 1 is 1.33 bits per heavy atom. The van der Waals surface area contributed by atoms with E-state index in [1.54, 1.807) is 6.20 Å². The number of nitrogens with zero attached hydrogens (tertiary/aromatic N) is 3. The van der Waals surface area contributed by atoms with Gasteiger partial charge in [-0.05, 0) is 19.1 Å². The molecule has 3 rings (SSSR count). The number of pyridine rings is 1. The van der Waals surface area contributed by atoms with Gasteiger partial charge in [0, 0.05) is 36.4 Å². The predicted octanol–water partition coefficient (Wildman–Crippen LogP) is 2.60. The Morgan fingerprint density at radius 3 is 2.74 bits per heavy atom. The molecule has 0 aliphatic carbocycles. The SMILES string of the molecule is Cc1csc(C(O)(CC(=O)NCCc2cn3ccccc3n2)C(F)(F)F)n1. The van der Waals surface area contributed by atoms with Crippen LogP contribution in [0, 0.1) is 6.92 Å². The number of carbonyl (C=O) groups is 1. The molecule has 0 bridgehead atoms. The van der Waals surface area contributed by atoms with Gasteiger partial charge >= 0.3 is 6.18 Å². The highest BCUT2D eigenvalue weighted by molar-refractivity contribution is 7.09. The standard InChI is InChI=1S/C17H17F3N4O2S/c1-11-10-27-15(22-11)16(26,17(18,19)20)8-14(25)21-6-5-12-9-24-7-3-2-4-13(24)23-12/h2-4,7,9-10,26H,5-6,8H2,1H3,(H,21,25). The highest BCUT2D eigenvalue weighted by Crippen LogP contribution is 2.42. The molecule has 10 heteroatoms. The lowest BCUT2D eigenvalue weighted by molar-refractivity contribution is -0.267. The molecule has 144 valence electrons. The lowest BCUT2D eigenvalue weighted by Crippen LogP contribution is -2.46. The van der Waals surface area contributed by atoms with Crippen molar-refractivity contribution >= 4 is 22.9 Å². The van der Waals surface area contributed by atoms with Crippen LogP contribution in [-0.4, -0.2) is 38.1 Å². The van der Waals surface area contributed by atoms with E-state index in [2.05, 4.69) is 15.3 Å². The molecule has 0 fully saturated rings. The molecule has 0 saturated heterocycles. The maximum absolute atomic E-state index is 13.4. The monoisotopic (exact) mass is 398 g/mol. The Balaban J connectivity index is 1.62. The molecule has 2 N–H and O–H groups in total. The molecule has 0 radical (unpaired) electrons. The Hall–Kier alpha value is -2.46. The number of halogens is 3.